The molecular weight excluding hydrogens is 288 g/mol. The minimum absolute atomic E-state index is 0.0360. The first-order valence-electron chi connectivity index (χ1n) is 6.68. The normalized spacial score (nSPS) is 12.7. The van der Waals surface area contributed by atoms with Crippen LogP contribution in [-0.4, -0.2) is 22.9 Å². The van der Waals surface area contributed by atoms with Crippen LogP contribution in [-0.2, 0) is 6.42 Å². The second kappa shape index (κ2) is 5.85. The summed E-state index contributed by atoms with van der Waals surface area (Å²) < 4.78 is 5.45. The van der Waals surface area contributed by atoms with Gasteiger partial charge in [-0.15, -0.1) is 0 Å². The van der Waals surface area contributed by atoms with E-state index in [9.17, 15) is 0 Å². The first kappa shape index (κ1) is 14.1. The van der Waals surface area contributed by atoms with E-state index in [1.165, 1.54) is 0 Å². The molecule has 0 spiro atoms. The Kier molecular flexibility index (Phi) is 3.92. The molecule has 3 N–H and O–H groups in total. The van der Waals surface area contributed by atoms with E-state index in [-0.39, 0.29) is 12.6 Å². The molecular formula is C16H15ClN2O2. The highest BCUT2D eigenvalue weighted by Gasteiger charge is 2.12. The molecule has 4 nitrogen and oxygen atoms in total. The van der Waals surface area contributed by atoms with Crippen molar-refractivity contribution < 1.29 is 9.63 Å². The number of hydrogen-bond donors (Lipinski definition) is 2. The fourth-order valence-electron chi connectivity index (χ4n) is 2.29. The van der Waals surface area contributed by atoms with E-state index in [2.05, 4.69) is 5.16 Å². The van der Waals surface area contributed by atoms with Crippen molar-refractivity contribution in [2.24, 2.45) is 5.73 Å². The van der Waals surface area contributed by atoms with Gasteiger partial charge in [0.15, 0.2) is 5.76 Å². The van der Waals surface area contributed by atoms with Crippen molar-refractivity contribution in [1.29, 1.82) is 0 Å². The van der Waals surface area contributed by atoms with E-state index in [1.54, 1.807) is 0 Å². The largest absolute Gasteiger partial charge is 0.395 e. The third-order valence-electron chi connectivity index (χ3n) is 3.38. The predicted molar refractivity (Wildman–Crippen MR) is 83.2 cm³/mol. The summed E-state index contributed by atoms with van der Waals surface area (Å²) in [5.74, 6) is 0.709. The lowest BCUT2D eigenvalue weighted by molar-refractivity contribution is 0.265. The smallest absolute Gasteiger partial charge is 0.174 e. The van der Waals surface area contributed by atoms with Crippen LogP contribution in [0.2, 0.25) is 5.02 Å². The van der Waals surface area contributed by atoms with Gasteiger partial charge in [-0.05, 0) is 48.4 Å². The number of nitrogens with two attached hydrogens (primary N) is 1. The zero-order chi connectivity index (χ0) is 14.8. The third-order valence-corrected chi connectivity index (χ3v) is 3.63. The molecule has 0 aliphatic carbocycles. The maximum Gasteiger partial charge on any atom is 0.174 e. The molecule has 2 aromatic carbocycles. The first-order valence-corrected chi connectivity index (χ1v) is 7.06. The van der Waals surface area contributed by atoms with Gasteiger partial charge in [0.05, 0.1) is 6.61 Å². The molecule has 0 aliphatic rings. The van der Waals surface area contributed by atoms with Gasteiger partial charge < -0.3 is 15.4 Å². The maximum atomic E-state index is 9.06. The second-order valence-corrected chi connectivity index (χ2v) is 5.45. The maximum absolute atomic E-state index is 9.06. The molecule has 0 fully saturated rings. The number of rotatable bonds is 4. The Bertz CT molecular complexity index is 753. The lowest BCUT2D eigenvalue weighted by atomic mass is 10.0. The van der Waals surface area contributed by atoms with Gasteiger partial charge in [0, 0.05) is 22.0 Å². The summed E-state index contributed by atoms with van der Waals surface area (Å²) in [7, 11) is 0. The zero-order valence-electron chi connectivity index (χ0n) is 11.3. The SMILES string of the molecule is NC(CO)Cc1ccc2noc(-c3ccc(Cl)cc3)c2c1. The zero-order valence-corrected chi connectivity index (χ0v) is 12.0. The molecule has 0 radical (unpaired) electrons. The van der Waals surface area contributed by atoms with Crippen molar-refractivity contribution in [2.75, 3.05) is 6.61 Å². The van der Waals surface area contributed by atoms with Gasteiger partial charge >= 0.3 is 0 Å². The lowest BCUT2D eigenvalue weighted by Gasteiger charge is -2.07. The number of aliphatic hydroxyl groups excluding tert-OH is 1. The summed E-state index contributed by atoms with van der Waals surface area (Å²) in [6.45, 7) is -0.0360. The number of aromatic nitrogens is 1. The van der Waals surface area contributed by atoms with E-state index in [4.69, 9.17) is 27.0 Å². The summed E-state index contributed by atoms with van der Waals surface area (Å²) in [5, 5.41) is 14.7. The molecule has 0 saturated heterocycles. The van der Waals surface area contributed by atoms with Gasteiger partial charge in [-0.1, -0.05) is 22.8 Å². The van der Waals surface area contributed by atoms with Crippen molar-refractivity contribution in [3.63, 3.8) is 0 Å². The minimum Gasteiger partial charge on any atom is -0.395 e. The molecule has 0 amide bonds. The van der Waals surface area contributed by atoms with Crippen LogP contribution in [0.5, 0.6) is 0 Å². The van der Waals surface area contributed by atoms with Crippen LogP contribution in [0.3, 0.4) is 0 Å². The fraction of sp³-hybridized carbons (Fsp3) is 0.188. The Hall–Kier alpha value is -1.88. The second-order valence-electron chi connectivity index (χ2n) is 5.02. The Morgan fingerprint density at radius 1 is 1.19 bits per heavy atom. The van der Waals surface area contributed by atoms with Gasteiger partial charge in [-0.2, -0.15) is 0 Å². The molecule has 1 aromatic heterocycles. The molecule has 0 aliphatic heterocycles. The van der Waals surface area contributed by atoms with E-state index in [0.717, 1.165) is 22.0 Å². The number of halogens is 1. The number of benzene rings is 2. The van der Waals surface area contributed by atoms with E-state index in [1.807, 2.05) is 42.5 Å². The summed E-state index contributed by atoms with van der Waals surface area (Å²) >= 11 is 5.91. The average molecular weight is 303 g/mol. The quantitative estimate of drug-likeness (QED) is 0.777. The molecule has 0 saturated carbocycles. The predicted octanol–water partition coefficient (Wildman–Crippen LogP) is 3.01. The summed E-state index contributed by atoms with van der Waals surface area (Å²) in [4.78, 5) is 0. The Morgan fingerprint density at radius 2 is 1.95 bits per heavy atom. The molecule has 1 heterocycles. The van der Waals surface area contributed by atoms with Crippen LogP contribution in [0.1, 0.15) is 5.56 Å². The van der Waals surface area contributed by atoms with Crippen LogP contribution < -0.4 is 5.73 Å². The Labute approximate surface area is 127 Å². The molecule has 0 bridgehead atoms. The molecule has 1 atom stereocenters. The van der Waals surface area contributed by atoms with Crippen LogP contribution in [0.25, 0.3) is 22.2 Å². The average Bonchev–Trinajstić information content (AvgIpc) is 2.91. The highest BCUT2D eigenvalue weighted by atomic mass is 35.5. The summed E-state index contributed by atoms with van der Waals surface area (Å²) in [6.07, 6.45) is 0.609. The molecule has 108 valence electrons. The topological polar surface area (TPSA) is 72.3 Å². The monoisotopic (exact) mass is 302 g/mol. The number of nitrogens with zero attached hydrogens (tertiary/aromatic N) is 1. The molecule has 21 heavy (non-hydrogen) atoms. The third kappa shape index (κ3) is 2.93. The van der Waals surface area contributed by atoms with Gasteiger partial charge in [-0.25, -0.2) is 0 Å². The number of hydrogen-bond acceptors (Lipinski definition) is 4. The van der Waals surface area contributed by atoms with E-state index < -0.39 is 0 Å². The van der Waals surface area contributed by atoms with Crippen LogP contribution in [0.15, 0.2) is 47.0 Å². The summed E-state index contributed by atoms with van der Waals surface area (Å²) in [5.41, 5.74) is 8.55. The van der Waals surface area contributed by atoms with E-state index in [0.29, 0.717) is 17.2 Å². The standard InChI is InChI=1S/C16H15ClN2O2/c17-12-4-2-11(3-5-12)16-14-8-10(7-13(18)9-20)1-6-15(14)19-21-16/h1-6,8,13,20H,7,9,18H2. The van der Waals surface area contributed by atoms with Crippen molar-refractivity contribution in [3.8, 4) is 11.3 Å². The Morgan fingerprint density at radius 3 is 2.67 bits per heavy atom. The molecule has 1 unspecified atom stereocenters. The van der Waals surface area contributed by atoms with Crippen LogP contribution in [0, 0.1) is 0 Å². The lowest BCUT2D eigenvalue weighted by Crippen LogP contribution is -2.26. The van der Waals surface area contributed by atoms with Gasteiger partial charge in [0.1, 0.15) is 5.52 Å². The molecule has 3 rings (SSSR count). The van der Waals surface area contributed by atoms with Crippen molar-refractivity contribution in [1.82, 2.24) is 5.16 Å². The molecule has 5 heteroatoms. The van der Waals surface area contributed by atoms with Crippen molar-refractivity contribution >= 4 is 22.5 Å². The van der Waals surface area contributed by atoms with Gasteiger partial charge in [0.2, 0.25) is 0 Å². The molecule has 3 aromatic rings. The van der Waals surface area contributed by atoms with Crippen LogP contribution in [0.4, 0.5) is 0 Å². The summed E-state index contributed by atoms with van der Waals surface area (Å²) in [6, 6.07) is 13.0. The number of aliphatic hydroxyl groups is 1. The number of fused-ring (bicyclic) bond motifs is 1. The van der Waals surface area contributed by atoms with Crippen LogP contribution >= 0.6 is 11.6 Å². The Balaban J connectivity index is 2.03. The van der Waals surface area contributed by atoms with Gasteiger partial charge in [-0.3, -0.25) is 0 Å². The van der Waals surface area contributed by atoms with Crippen molar-refractivity contribution in [3.05, 3.63) is 53.1 Å². The minimum atomic E-state index is -0.263. The first-order chi connectivity index (χ1) is 10.2. The highest BCUT2D eigenvalue weighted by Crippen LogP contribution is 2.30. The van der Waals surface area contributed by atoms with Gasteiger partial charge in [0.25, 0.3) is 0 Å². The highest BCUT2D eigenvalue weighted by molar-refractivity contribution is 6.30. The fourth-order valence-corrected chi connectivity index (χ4v) is 2.42. The van der Waals surface area contributed by atoms with E-state index >= 15 is 0 Å². The van der Waals surface area contributed by atoms with Crippen molar-refractivity contribution in [2.45, 2.75) is 12.5 Å².